The van der Waals surface area contributed by atoms with Crippen LogP contribution in [-0.4, -0.2) is 74.3 Å². The Hall–Kier alpha value is -2.04. The largest absolute Gasteiger partial charge is 0.353 e. The van der Waals surface area contributed by atoms with Crippen molar-refractivity contribution in [3.05, 3.63) is 30.1 Å². The Bertz CT molecular complexity index is 873. The number of benzene rings is 1. The summed E-state index contributed by atoms with van der Waals surface area (Å²) in [5.74, 6) is -0.545. The number of nitrogens with one attached hydrogen (secondary N) is 2. The van der Waals surface area contributed by atoms with E-state index in [0.717, 1.165) is 12.1 Å². The number of sulfonamides is 1. The number of rotatable bonds is 8. The fraction of sp³-hybridized carbons (Fsp3) is 0.600. The normalized spacial score (nSPS) is 24.4. The first-order valence-electron chi connectivity index (χ1n) is 10.3. The van der Waals surface area contributed by atoms with Crippen LogP contribution in [0.4, 0.5) is 4.39 Å². The number of piperazine rings is 1. The Kier molecular flexibility index (Phi) is 7.10. The zero-order valence-corrected chi connectivity index (χ0v) is 18.1. The van der Waals surface area contributed by atoms with E-state index in [1.807, 2.05) is 18.7 Å². The first-order valence-corrected chi connectivity index (χ1v) is 11.8. The van der Waals surface area contributed by atoms with Gasteiger partial charge in [0.05, 0.1) is 10.9 Å². The van der Waals surface area contributed by atoms with E-state index in [1.54, 1.807) is 4.90 Å². The van der Waals surface area contributed by atoms with Gasteiger partial charge in [-0.15, -0.1) is 0 Å². The van der Waals surface area contributed by atoms with Crippen LogP contribution in [0.2, 0.25) is 0 Å². The van der Waals surface area contributed by atoms with E-state index in [1.165, 1.54) is 12.1 Å². The van der Waals surface area contributed by atoms with Crippen molar-refractivity contribution in [2.45, 2.75) is 56.1 Å². The van der Waals surface area contributed by atoms with Crippen LogP contribution in [0.25, 0.3) is 0 Å². The highest BCUT2D eigenvalue weighted by Crippen LogP contribution is 2.27. The minimum absolute atomic E-state index is 0.0143. The SMILES string of the molecule is CCN(CC)C(=O)CC[C@@H]1CNC(=O)[C@@H]2C[C@H](NS(=O)(=O)c3ccc(F)cc3)CN12. The molecule has 2 fully saturated rings. The van der Waals surface area contributed by atoms with Crippen LogP contribution >= 0.6 is 0 Å². The quantitative estimate of drug-likeness (QED) is 0.620. The van der Waals surface area contributed by atoms with Crippen LogP contribution < -0.4 is 10.0 Å². The van der Waals surface area contributed by atoms with Crippen LogP contribution in [0.1, 0.15) is 33.1 Å². The average molecular weight is 441 g/mol. The van der Waals surface area contributed by atoms with Crippen LogP contribution in [0.3, 0.4) is 0 Å². The van der Waals surface area contributed by atoms with Gasteiger partial charge < -0.3 is 10.2 Å². The van der Waals surface area contributed by atoms with Gasteiger partial charge in [-0.05, 0) is 51.0 Å². The van der Waals surface area contributed by atoms with Gasteiger partial charge in [0.1, 0.15) is 5.82 Å². The topological polar surface area (TPSA) is 98.8 Å². The molecular formula is C20H29FN4O4S. The predicted octanol–water partition coefficient (Wildman–Crippen LogP) is 0.694. The molecule has 1 aromatic carbocycles. The third-order valence-electron chi connectivity index (χ3n) is 5.88. The van der Waals surface area contributed by atoms with E-state index in [-0.39, 0.29) is 22.8 Å². The Morgan fingerprint density at radius 1 is 1.27 bits per heavy atom. The molecule has 10 heteroatoms. The lowest BCUT2D eigenvalue weighted by molar-refractivity contribution is -0.132. The molecule has 0 aliphatic carbocycles. The van der Waals surface area contributed by atoms with E-state index < -0.39 is 27.9 Å². The van der Waals surface area contributed by atoms with Crippen molar-refractivity contribution < 1.29 is 22.4 Å². The molecule has 0 saturated carbocycles. The van der Waals surface area contributed by atoms with E-state index in [2.05, 4.69) is 10.0 Å². The number of nitrogens with zero attached hydrogens (tertiary/aromatic N) is 2. The minimum Gasteiger partial charge on any atom is -0.353 e. The number of hydrogen-bond acceptors (Lipinski definition) is 5. The lowest BCUT2D eigenvalue weighted by Gasteiger charge is -2.37. The molecule has 2 aliphatic rings. The number of amides is 2. The van der Waals surface area contributed by atoms with Crippen molar-refractivity contribution >= 4 is 21.8 Å². The van der Waals surface area contributed by atoms with Crippen molar-refractivity contribution in [2.75, 3.05) is 26.2 Å². The molecule has 1 aromatic rings. The number of hydrogen-bond donors (Lipinski definition) is 2. The van der Waals surface area contributed by atoms with Crippen molar-refractivity contribution in [2.24, 2.45) is 0 Å². The summed E-state index contributed by atoms with van der Waals surface area (Å²) in [5, 5.41) is 2.88. The average Bonchev–Trinajstić information content (AvgIpc) is 3.12. The molecule has 0 aromatic heterocycles. The molecule has 0 unspecified atom stereocenters. The summed E-state index contributed by atoms with van der Waals surface area (Å²) < 4.78 is 41.0. The fourth-order valence-corrected chi connectivity index (χ4v) is 5.49. The first-order chi connectivity index (χ1) is 14.2. The lowest BCUT2D eigenvalue weighted by atomic mass is 10.0. The van der Waals surface area contributed by atoms with Crippen LogP contribution in [-0.2, 0) is 19.6 Å². The lowest BCUT2D eigenvalue weighted by Crippen LogP contribution is -2.58. The second-order valence-electron chi connectivity index (χ2n) is 7.72. The van der Waals surface area contributed by atoms with E-state index in [9.17, 15) is 22.4 Å². The van der Waals surface area contributed by atoms with Crippen molar-refractivity contribution in [1.82, 2.24) is 19.8 Å². The van der Waals surface area contributed by atoms with Gasteiger partial charge in [0, 0.05) is 44.7 Å². The maximum Gasteiger partial charge on any atom is 0.240 e. The second kappa shape index (κ2) is 9.40. The summed E-state index contributed by atoms with van der Waals surface area (Å²) in [6, 6.07) is 3.75. The smallest absolute Gasteiger partial charge is 0.240 e. The van der Waals surface area contributed by atoms with Gasteiger partial charge in [0.2, 0.25) is 21.8 Å². The highest BCUT2D eigenvalue weighted by Gasteiger charge is 2.44. The second-order valence-corrected chi connectivity index (χ2v) is 9.44. The molecule has 2 N–H and O–H groups in total. The van der Waals surface area contributed by atoms with Crippen LogP contribution in [0.15, 0.2) is 29.2 Å². The molecule has 166 valence electrons. The molecule has 8 nitrogen and oxygen atoms in total. The third kappa shape index (κ3) is 4.98. The summed E-state index contributed by atoms with van der Waals surface area (Å²) in [6.45, 7) is 6.04. The van der Waals surface area contributed by atoms with E-state index >= 15 is 0 Å². The first kappa shape index (κ1) is 22.6. The number of carbonyl (C=O) groups is 2. The molecular weight excluding hydrogens is 411 g/mol. The summed E-state index contributed by atoms with van der Waals surface area (Å²) in [7, 11) is -3.82. The van der Waals surface area contributed by atoms with Gasteiger partial charge >= 0.3 is 0 Å². The number of carbonyl (C=O) groups excluding carboxylic acids is 2. The molecule has 2 heterocycles. The van der Waals surface area contributed by atoms with Crippen LogP contribution in [0.5, 0.6) is 0 Å². The highest BCUT2D eigenvalue weighted by molar-refractivity contribution is 7.89. The zero-order chi connectivity index (χ0) is 21.9. The molecule has 2 amide bonds. The Balaban J connectivity index is 1.64. The Morgan fingerprint density at radius 3 is 2.57 bits per heavy atom. The van der Waals surface area contributed by atoms with Gasteiger partial charge in [-0.3, -0.25) is 14.5 Å². The molecule has 0 spiro atoms. The van der Waals surface area contributed by atoms with E-state index in [0.29, 0.717) is 45.4 Å². The molecule has 3 atom stereocenters. The summed E-state index contributed by atoms with van der Waals surface area (Å²) in [5.41, 5.74) is 0. The Morgan fingerprint density at radius 2 is 1.93 bits per heavy atom. The summed E-state index contributed by atoms with van der Waals surface area (Å²) in [6.07, 6.45) is 1.34. The molecule has 2 saturated heterocycles. The summed E-state index contributed by atoms with van der Waals surface area (Å²) >= 11 is 0. The van der Waals surface area contributed by atoms with Gasteiger partial charge in [0.25, 0.3) is 0 Å². The fourth-order valence-electron chi connectivity index (χ4n) is 4.25. The molecule has 0 bridgehead atoms. The van der Waals surface area contributed by atoms with Crippen molar-refractivity contribution in [1.29, 1.82) is 0 Å². The highest BCUT2D eigenvalue weighted by atomic mass is 32.2. The van der Waals surface area contributed by atoms with Gasteiger partial charge in [0.15, 0.2) is 0 Å². The number of halogens is 1. The molecule has 3 rings (SSSR count). The van der Waals surface area contributed by atoms with E-state index in [4.69, 9.17) is 0 Å². The number of fused-ring (bicyclic) bond motifs is 1. The predicted molar refractivity (Wildman–Crippen MR) is 110 cm³/mol. The third-order valence-corrected chi connectivity index (χ3v) is 7.41. The van der Waals surface area contributed by atoms with Gasteiger partial charge in [-0.2, -0.15) is 0 Å². The monoisotopic (exact) mass is 440 g/mol. The summed E-state index contributed by atoms with van der Waals surface area (Å²) in [4.78, 5) is 28.4. The molecule has 30 heavy (non-hydrogen) atoms. The Labute approximate surface area is 176 Å². The van der Waals surface area contributed by atoms with Gasteiger partial charge in [-0.25, -0.2) is 17.5 Å². The maximum absolute atomic E-state index is 13.1. The minimum atomic E-state index is -3.82. The van der Waals surface area contributed by atoms with Crippen molar-refractivity contribution in [3.63, 3.8) is 0 Å². The standard InChI is InChI=1S/C20H29FN4O4S/c1-3-24(4-2)19(26)10-7-16-12-22-20(27)18-11-15(13-25(16)18)23-30(28,29)17-8-5-14(21)6-9-17/h5-6,8-9,15-16,18,23H,3-4,7,10-13H2,1-2H3,(H,22,27)/t15-,16+,18-/m0/s1. The maximum atomic E-state index is 13.1. The molecule has 0 radical (unpaired) electrons. The molecule has 2 aliphatic heterocycles. The van der Waals surface area contributed by atoms with Crippen molar-refractivity contribution in [3.8, 4) is 0 Å². The van der Waals surface area contributed by atoms with Gasteiger partial charge in [-0.1, -0.05) is 0 Å². The zero-order valence-electron chi connectivity index (χ0n) is 17.3. The van der Waals surface area contributed by atoms with Crippen LogP contribution in [0, 0.1) is 5.82 Å².